The fraction of sp³-hybridized carbons (Fsp3) is 0.278. The molecule has 0 spiro atoms. The Labute approximate surface area is 272 Å². The molecule has 0 radical (unpaired) electrons. The minimum atomic E-state index is -0.651. The molecule has 5 aromatic rings. The van der Waals surface area contributed by atoms with Crippen LogP contribution in [0.2, 0.25) is 0 Å². The minimum absolute atomic E-state index is 0.00842. The second-order valence-electron chi connectivity index (χ2n) is 12.2. The van der Waals surface area contributed by atoms with Gasteiger partial charge in [0.1, 0.15) is 34.2 Å². The molecule has 0 saturated heterocycles. The molecule has 2 aromatic carbocycles. The van der Waals surface area contributed by atoms with Crippen molar-refractivity contribution in [2.45, 2.75) is 51.2 Å². The van der Waals surface area contributed by atoms with E-state index in [0.29, 0.717) is 43.7 Å². The minimum Gasteiger partial charge on any atom is -0.508 e. The number of aryl methyl sites for hydroxylation is 1. The van der Waals surface area contributed by atoms with E-state index >= 15 is 0 Å². The zero-order chi connectivity index (χ0) is 33.1. The summed E-state index contributed by atoms with van der Waals surface area (Å²) in [4.78, 5) is 36.9. The van der Waals surface area contributed by atoms with Gasteiger partial charge in [0.05, 0.1) is 6.20 Å². The highest BCUT2D eigenvalue weighted by atomic mass is 19.1. The molecule has 1 saturated carbocycles. The number of fused-ring (bicyclic) bond motifs is 1. The number of hydrogen-bond donors (Lipinski definition) is 3. The van der Waals surface area contributed by atoms with Gasteiger partial charge >= 0.3 is 0 Å². The summed E-state index contributed by atoms with van der Waals surface area (Å²) in [5.41, 5.74) is 4.78. The van der Waals surface area contributed by atoms with Crippen LogP contribution < -0.4 is 15.4 Å². The Morgan fingerprint density at radius 3 is 2.43 bits per heavy atom. The molecule has 1 aliphatic carbocycles. The molecule has 0 aliphatic heterocycles. The lowest BCUT2D eigenvalue weighted by molar-refractivity contribution is 0.0888. The summed E-state index contributed by atoms with van der Waals surface area (Å²) in [6.45, 7) is 2.58. The number of phenols is 1. The van der Waals surface area contributed by atoms with Gasteiger partial charge in [-0.15, -0.1) is 0 Å². The molecule has 0 atom stereocenters. The van der Waals surface area contributed by atoms with E-state index in [0.717, 1.165) is 40.3 Å². The maximum atomic E-state index is 14.3. The van der Waals surface area contributed by atoms with Crippen molar-refractivity contribution in [1.29, 1.82) is 0 Å². The van der Waals surface area contributed by atoms with Gasteiger partial charge in [0, 0.05) is 30.5 Å². The Morgan fingerprint density at radius 2 is 1.70 bits per heavy atom. The van der Waals surface area contributed by atoms with Crippen molar-refractivity contribution < 1.29 is 23.8 Å². The first kappa shape index (κ1) is 31.7. The molecule has 11 heteroatoms. The third kappa shape index (κ3) is 7.41. The predicted molar refractivity (Wildman–Crippen MR) is 176 cm³/mol. The van der Waals surface area contributed by atoms with Crippen molar-refractivity contribution in [3.8, 4) is 28.5 Å². The van der Waals surface area contributed by atoms with Crippen LogP contribution in [-0.2, 0) is 6.54 Å². The number of nitrogens with zero attached hydrogens (tertiary/aromatic N) is 4. The van der Waals surface area contributed by atoms with Crippen LogP contribution >= 0.6 is 0 Å². The van der Waals surface area contributed by atoms with Gasteiger partial charge < -0.3 is 29.8 Å². The fourth-order valence-corrected chi connectivity index (χ4v) is 6.01. The Morgan fingerprint density at radius 1 is 0.979 bits per heavy atom. The van der Waals surface area contributed by atoms with Gasteiger partial charge in [0.15, 0.2) is 0 Å². The lowest BCUT2D eigenvalue weighted by Crippen LogP contribution is -2.44. The first-order valence-corrected chi connectivity index (χ1v) is 15.6. The van der Waals surface area contributed by atoms with Gasteiger partial charge in [0.2, 0.25) is 5.88 Å². The van der Waals surface area contributed by atoms with Crippen LogP contribution in [0.15, 0.2) is 79.1 Å². The molecule has 47 heavy (non-hydrogen) atoms. The van der Waals surface area contributed by atoms with Crippen molar-refractivity contribution in [3.63, 3.8) is 0 Å². The van der Waals surface area contributed by atoms with Crippen molar-refractivity contribution in [1.82, 2.24) is 29.9 Å². The summed E-state index contributed by atoms with van der Waals surface area (Å²) in [7, 11) is 3.91. The van der Waals surface area contributed by atoms with E-state index in [-0.39, 0.29) is 35.2 Å². The number of rotatable bonds is 9. The molecule has 1 fully saturated rings. The second kappa shape index (κ2) is 13.6. The van der Waals surface area contributed by atoms with Crippen molar-refractivity contribution in [2.75, 3.05) is 14.1 Å². The summed E-state index contributed by atoms with van der Waals surface area (Å²) < 4.78 is 22.3. The number of benzene rings is 2. The molecule has 3 N–H and O–H groups in total. The Balaban J connectivity index is 1.10. The maximum absolute atomic E-state index is 14.3. The molecule has 3 heterocycles. The topological polar surface area (TPSA) is 121 Å². The first-order valence-electron chi connectivity index (χ1n) is 15.6. The molecule has 3 aromatic heterocycles. The predicted octanol–water partition coefficient (Wildman–Crippen LogP) is 5.87. The third-order valence-corrected chi connectivity index (χ3v) is 8.32. The number of aromatic hydroxyl groups is 1. The highest BCUT2D eigenvalue weighted by Gasteiger charge is 2.26. The van der Waals surface area contributed by atoms with E-state index in [2.05, 4.69) is 20.6 Å². The Kier molecular flexibility index (Phi) is 9.17. The summed E-state index contributed by atoms with van der Waals surface area (Å²) in [6.07, 6.45) is 5.39. The number of pyridine rings is 2. The number of nitrogens with one attached hydrogen (secondary N) is 2. The van der Waals surface area contributed by atoms with Gasteiger partial charge in [-0.3, -0.25) is 9.59 Å². The third-order valence-electron chi connectivity index (χ3n) is 8.32. The number of halogens is 1. The maximum Gasteiger partial charge on any atom is 0.271 e. The van der Waals surface area contributed by atoms with Gasteiger partial charge in [-0.1, -0.05) is 24.3 Å². The number of carbonyl (C=O) groups excluding carboxylic acids is 2. The largest absolute Gasteiger partial charge is 0.508 e. The van der Waals surface area contributed by atoms with Crippen LogP contribution in [0.5, 0.6) is 17.4 Å². The van der Waals surface area contributed by atoms with E-state index in [1.54, 1.807) is 24.4 Å². The van der Waals surface area contributed by atoms with Crippen molar-refractivity contribution in [3.05, 3.63) is 107 Å². The molecule has 10 nitrogen and oxygen atoms in total. The number of aromatic nitrogens is 3. The highest BCUT2D eigenvalue weighted by Crippen LogP contribution is 2.32. The summed E-state index contributed by atoms with van der Waals surface area (Å²) >= 11 is 0. The molecule has 0 unspecified atom stereocenters. The zero-order valence-electron chi connectivity index (χ0n) is 26.5. The SMILES string of the molecule is Cc1cccc2nc(C(=O)NC3CCC(NC(=O)c4cc(F)cnc4Oc4cccc(-c5ccc(O)cc5CN(C)C)c4)CC3)cn12. The quantitative estimate of drug-likeness (QED) is 0.185. The van der Waals surface area contributed by atoms with Crippen LogP contribution in [-0.4, -0.2) is 62.4 Å². The normalized spacial score (nSPS) is 16.3. The van der Waals surface area contributed by atoms with Gasteiger partial charge in [-0.25, -0.2) is 14.4 Å². The van der Waals surface area contributed by atoms with Crippen LogP contribution in [0, 0.1) is 12.7 Å². The zero-order valence-corrected chi connectivity index (χ0v) is 26.5. The van der Waals surface area contributed by atoms with Crippen LogP contribution in [0.1, 0.15) is 57.8 Å². The average molecular weight is 637 g/mol. The molecular weight excluding hydrogens is 599 g/mol. The van der Waals surface area contributed by atoms with Crippen LogP contribution in [0.4, 0.5) is 4.39 Å². The molecular formula is C36H37FN6O4. The molecule has 0 bridgehead atoms. The van der Waals surface area contributed by atoms with Gasteiger partial charge in [-0.05, 0) is 106 Å². The number of amides is 2. The van der Waals surface area contributed by atoms with Crippen LogP contribution in [0.25, 0.3) is 16.8 Å². The highest BCUT2D eigenvalue weighted by molar-refractivity contribution is 5.96. The lowest BCUT2D eigenvalue weighted by Gasteiger charge is -2.29. The molecule has 1 aliphatic rings. The lowest BCUT2D eigenvalue weighted by atomic mass is 9.91. The number of carbonyl (C=O) groups is 2. The van der Waals surface area contributed by atoms with E-state index < -0.39 is 11.7 Å². The Bertz CT molecular complexity index is 1930. The average Bonchev–Trinajstić information content (AvgIpc) is 3.49. The van der Waals surface area contributed by atoms with E-state index in [9.17, 15) is 19.1 Å². The monoisotopic (exact) mass is 636 g/mol. The summed E-state index contributed by atoms with van der Waals surface area (Å²) in [6, 6.07) is 19.2. The fourth-order valence-electron chi connectivity index (χ4n) is 6.01. The smallest absolute Gasteiger partial charge is 0.271 e. The summed E-state index contributed by atoms with van der Waals surface area (Å²) in [5, 5.41) is 16.1. The van der Waals surface area contributed by atoms with Crippen molar-refractivity contribution >= 4 is 17.5 Å². The second-order valence-corrected chi connectivity index (χ2v) is 12.2. The first-order chi connectivity index (χ1) is 22.6. The van der Waals surface area contributed by atoms with Gasteiger partial charge in [0.25, 0.3) is 11.8 Å². The molecule has 6 rings (SSSR count). The van der Waals surface area contributed by atoms with E-state index in [1.165, 1.54) is 0 Å². The molecule has 2 amide bonds. The number of imidazole rings is 1. The van der Waals surface area contributed by atoms with Crippen molar-refractivity contribution in [2.24, 2.45) is 0 Å². The Hall–Kier alpha value is -5.29. The molecule has 242 valence electrons. The summed E-state index contributed by atoms with van der Waals surface area (Å²) in [5.74, 6) is -0.762. The van der Waals surface area contributed by atoms with E-state index in [4.69, 9.17) is 4.74 Å². The number of ether oxygens (including phenoxy) is 1. The van der Waals surface area contributed by atoms with Gasteiger partial charge in [-0.2, -0.15) is 0 Å². The number of hydrogen-bond acceptors (Lipinski definition) is 7. The number of phenolic OH excluding ortho intramolecular Hbond substituents is 1. The van der Waals surface area contributed by atoms with Crippen LogP contribution in [0.3, 0.4) is 0 Å². The van der Waals surface area contributed by atoms with E-state index in [1.807, 2.05) is 72.8 Å². The standard InChI is InChI=1S/C36H37FN6O4/c1-22-6-4-9-33-41-32(21-43(22)33)35(46)40-27-12-10-26(11-13-27)39-34(45)31-18-25(37)19-38-36(31)47-29-8-5-7-23(17-29)30-15-14-28(44)16-24(30)20-42(2)3/h4-9,14-19,21,26-27,44H,10-13,20H2,1-3H3,(H,39,45)(H,40,46).